The minimum absolute atomic E-state index is 0.160. The molecule has 0 N–H and O–H groups in total. The van der Waals surface area contributed by atoms with E-state index in [1.165, 1.54) is 43.6 Å². The summed E-state index contributed by atoms with van der Waals surface area (Å²) in [6.45, 7) is 8.91. The number of anilines is 1. The van der Waals surface area contributed by atoms with Gasteiger partial charge in [-0.05, 0) is 61.3 Å². The number of fused-ring (bicyclic) bond motifs is 1. The van der Waals surface area contributed by atoms with Gasteiger partial charge in [0.2, 0.25) is 0 Å². The van der Waals surface area contributed by atoms with Gasteiger partial charge in [-0.1, -0.05) is 24.3 Å². The second-order valence-corrected chi connectivity index (χ2v) is 7.45. The molecule has 0 atom stereocenters. The molecule has 0 radical (unpaired) electrons. The van der Waals surface area contributed by atoms with E-state index in [2.05, 4.69) is 39.0 Å². The van der Waals surface area contributed by atoms with Crippen molar-refractivity contribution in [1.82, 2.24) is 9.80 Å². The molecule has 2 aromatic rings. The summed E-state index contributed by atoms with van der Waals surface area (Å²) >= 11 is 0. The van der Waals surface area contributed by atoms with Gasteiger partial charge >= 0.3 is 0 Å². The minimum Gasteiger partial charge on any atom is -0.369 e. The van der Waals surface area contributed by atoms with Crippen molar-refractivity contribution in [3.8, 4) is 0 Å². The summed E-state index contributed by atoms with van der Waals surface area (Å²) in [6, 6.07) is 15.7. The van der Waals surface area contributed by atoms with Crippen molar-refractivity contribution < 1.29 is 4.39 Å². The fourth-order valence-electron chi connectivity index (χ4n) is 4.14. The molecule has 0 aliphatic carbocycles. The second-order valence-electron chi connectivity index (χ2n) is 7.45. The highest BCUT2D eigenvalue weighted by molar-refractivity contribution is 5.46. The maximum Gasteiger partial charge on any atom is 0.123 e. The number of halogens is 1. The van der Waals surface area contributed by atoms with E-state index in [4.69, 9.17) is 0 Å². The van der Waals surface area contributed by atoms with Gasteiger partial charge < -0.3 is 4.90 Å². The predicted octanol–water partition coefficient (Wildman–Crippen LogP) is 3.40. The maximum atomic E-state index is 13.1. The fraction of sp³-hybridized carbons (Fsp3) is 0.455. The van der Waals surface area contributed by atoms with E-state index in [0.717, 1.165) is 38.4 Å². The number of nitrogens with zero attached hydrogens (tertiary/aromatic N) is 3. The topological polar surface area (TPSA) is 9.72 Å². The highest BCUT2D eigenvalue weighted by atomic mass is 19.1. The highest BCUT2D eigenvalue weighted by Gasteiger charge is 2.18. The molecule has 4 heteroatoms. The van der Waals surface area contributed by atoms with E-state index in [1.54, 1.807) is 12.1 Å². The summed E-state index contributed by atoms with van der Waals surface area (Å²) in [6.07, 6.45) is 2.42. The van der Waals surface area contributed by atoms with Crippen molar-refractivity contribution in [2.45, 2.75) is 19.4 Å². The van der Waals surface area contributed by atoms with E-state index < -0.39 is 0 Å². The van der Waals surface area contributed by atoms with E-state index in [9.17, 15) is 4.39 Å². The normalized spacial score (nSPS) is 18.7. The molecule has 2 heterocycles. The van der Waals surface area contributed by atoms with Crippen LogP contribution in [-0.2, 0) is 13.0 Å². The quantitative estimate of drug-likeness (QED) is 0.816. The average Bonchev–Trinajstić information content (AvgIpc) is 2.69. The molecule has 1 saturated heterocycles. The van der Waals surface area contributed by atoms with E-state index in [-0.39, 0.29) is 5.82 Å². The van der Waals surface area contributed by atoms with Crippen LogP contribution in [0.25, 0.3) is 0 Å². The van der Waals surface area contributed by atoms with Crippen LogP contribution in [0.5, 0.6) is 0 Å². The molecule has 0 spiro atoms. The average molecular weight is 353 g/mol. The zero-order valence-corrected chi connectivity index (χ0v) is 15.4. The number of benzene rings is 2. The molecule has 2 aliphatic heterocycles. The first-order valence-corrected chi connectivity index (χ1v) is 9.80. The Morgan fingerprint density at radius 1 is 0.731 bits per heavy atom. The number of hydrogen-bond donors (Lipinski definition) is 0. The van der Waals surface area contributed by atoms with Crippen molar-refractivity contribution in [2.24, 2.45) is 0 Å². The van der Waals surface area contributed by atoms with Crippen LogP contribution in [0.2, 0.25) is 0 Å². The van der Waals surface area contributed by atoms with Gasteiger partial charge in [-0.3, -0.25) is 9.80 Å². The van der Waals surface area contributed by atoms with Crippen LogP contribution in [0.3, 0.4) is 0 Å². The van der Waals surface area contributed by atoms with Crippen molar-refractivity contribution >= 4 is 5.69 Å². The third kappa shape index (κ3) is 4.25. The molecule has 0 saturated carbocycles. The van der Waals surface area contributed by atoms with Crippen LogP contribution in [0.1, 0.15) is 17.5 Å². The molecule has 0 unspecified atom stereocenters. The zero-order chi connectivity index (χ0) is 17.8. The van der Waals surface area contributed by atoms with Gasteiger partial charge in [0.1, 0.15) is 5.82 Å². The Morgan fingerprint density at radius 3 is 2.19 bits per heavy atom. The molecule has 26 heavy (non-hydrogen) atoms. The van der Waals surface area contributed by atoms with Crippen LogP contribution in [0, 0.1) is 5.82 Å². The first-order chi connectivity index (χ1) is 12.8. The van der Waals surface area contributed by atoms with Gasteiger partial charge in [-0.2, -0.15) is 0 Å². The summed E-state index contributed by atoms with van der Waals surface area (Å²) in [7, 11) is 0. The monoisotopic (exact) mass is 353 g/mol. The SMILES string of the molecule is Fc1ccc(N2CCN(CCCN3CCc4ccccc4C3)CC2)cc1. The Hall–Kier alpha value is -1.91. The van der Waals surface area contributed by atoms with Gasteiger partial charge in [0.25, 0.3) is 0 Å². The Bertz CT molecular complexity index is 708. The third-order valence-electron chi connectivity index (χ3n) is 5.72. The van der Waals surface area contributed by atoms with Crippen LogP contribution in [-0.4, -0.2) is 55.6 Å². The summed E-state index contributed by atoms with van der Waals surface area (Å²) in [5.74, 6) is -0.160. The summed E-state index contributed by atoms with van der Waals surface area (Å²) in [5.41, 5.74) is 4.17. The van der Waals surface area contributed by atoms with Crippen LogP contribution in [0.15, 0.2) is 48.5 Å². The smallest absolute Gasteiger partial charge is 0.123 e. The van der Waals surface area contributed by atoms with Crippen molar-refractivity contribution in [3.63, 3.8) is 0 Å². The van der Waals surface area contributed by atoms with Gasteiger partial charge in [0.05, 0.1) is 0 Å². The van der Waals surface area contributed by atoms with Gasteiger partial charge in [-0.15, -0.1) is 0 Å². The van der Waals surface area contributed by atoms with E-state index in [0.29, 0.717) is 0 Å². The summed E-state index contributed by atoms with van der Waals surface area (Å²) in [4.78, 5) is 7.52. The zero-order valence-electron chi connectivity index (χ0n) is 15.4. The molecule has 0 amide bonds. The number of piperazine rings is 1. The second kappa shape index (κ2) is 8.19. The predicted molar refractivity (Wildman–Crippen MR) is 105 cm³/mol. The lowest BCUT2D eigenvalue weighted by molar-refractivity contribution is 0.210. The van der Waals surface area contributed by atoms with Crippen LogP contribution >= 0.6 is 0 Å². The molecule has 138 valence electrons. The van der Waals surface area contributed by atoms with E-state index >= 15 is 0 Å². The Morgan fingerprint density at radius 2 is 1.42 bits per heavy atom. The Balaban J connectivity index is 1.18. The van der Waals surface area contributed by atoms with Crippen molar-refractivity contribution in [1.29, 1.82) is 0 Å². The highest BCUT2D eigenvalue weighted by Crippen LogP contribution is 2.19. The fourth-order valence-corrected chi connectivity index (χ4v) is 4.14. The molecular formula is C22H28FN3. The lowest BCUT2D eigenvalue weighted by atomic mass is 10.00. The van der Waals surface area contributed by atoms with E-state index in [1.807, 2.05) is 12.1 Å². The largest absolute Gasteiger partial charge is 0.369 e. The summed E-state index contributed by atoms with van der Waals surface area (Å²) < 4.78 is 13.1. The van der Waals surface area contributed by atoms with Gasteiger partial charge in [0, 0.05) is 45.0 Å². The Kier molecular flexibility index (Phi) is 5.51. The lowest BCUT2D eigenvalue weighted by Gasteiger charge is -2.36. The third-order valence-corrected chi connectivity index (χ3v) is 5.72. The standard InChI is InChI=1S/C22H28FN3/c23-21-6-8-22(9-7-21)26-16-14-24(15-17-26)11-3-12-25-13-10-19-4-1-2-5-20(19)18-25/h1-2,4-9H,3,10-18H2. The molecule has 2 aromatic carbocycles. The Labute approximate surface area is 156 Å². The van der Waals surface area contributed by atoms with Crippen molar-refractivity contribution in [3.05, 3.63) is 65.5 Å². The minimum atomic E-state index is -0.160. The van der Waals surface area contributed by atoms with Crippen LogP contribution in [0.4, 0.5) is 10.1 Å². The molecular weight excluding hydrogens is 325 g/mol. The first kappa shape index (κ1) is 17.5. The van der Waals surface area contributed by atoms with Gasteiger partial charge in [-0.25, -0.2) is 4.39 Å². The molecule has 1 fully saturated rings. The molecule has 3 nitrogen and oxygen atoms in total. The van der Waals surface area contributed by atoms with Gasteiger partial charge in [0.15, 0.2) is 0 Å². The van der Waals surface area contributed by atoms with Crippen LogP contribution < -0.4 is 4.90 Å². The number of hydrogen-bond acceptors (Lipinski definition) is 3. The molecule has 0 bridgehead atoms. The summed E-state index contributed by atoms with van der Waals surface area (Å²) in [5, 5.41) is 0. The molecule has 2 aliphatic rings. The number of rotatable bonds is 5. The maximum absolute atomic E-state index is 13.1. The molecule has 4 rings (SSSR count). The van der Waals surface area contributed by atoms with Crippen molar-refractivity contribution in [2.75, 3.05) is 50.7 Å². The lowest BCUT2D eigenvalue weighted by Crippen LogP contribution is -2.47. The first-order valence-electron chi connectivity index (χ1n) is 9.80. The molecule has 0 aromatic heterocycles.